The Morgan fingerprint density at radius 3 is 2.20 bits per heavy atom. The second-order valence-electron chi connectivity index (χ2n) is 5.06. The molecule has 0 saturated carbocycles. The number of esters is 1. The van der Waals surface area contributed by atoms with Crippen LogP contribution < -0.4 is 11.1 Å². The lowest BCUT2D eigenvalue weighted by atomic mass is 9.98. The molecule has 116 valence electrons. The van der Waals surface area contributed by atoms with E-state index < -0.39 is 36.4 Å². The summed E-state index contributed by atoms with van der Waals surface area (Å²) in [5.74, 6) is -2.51. The van der Waals surface area contributed by atoms with Crippen molar-refractivity contribution >= 4 is 17.8 Å². The molecule has 0 aromatic heterocycles. The van der Waals surface area contributed by atoms with Gasteiger partial charge in [0, 0.05) is 0 Å². The van der Waals surface area contributed by atoms with Crippen LogP contribution in [0, 0.1) is 5.92 Å². The van der Waals surface area contributed by atoms with Gasteiger partial charge in [-0.05, 0) is 19.8 Å². The van der Waals surface area contributed by atoms with Crippen LogP contribution in [-0.2, 0) is 19.1 Å². The Morgan fingerprint density at radius 1 is 1.25 bits per heavy atom. The number of carboxylic acid groups (broad SMARTS) is 1. The van der Waals surface area contributed by atoms with Gasteiger partial charge >= 0.3 is 11.9 Å². The lowest BCUT2D eigenvalue weighted by Gasteiger charge is -2.24. The first-order chi connectivity index (χ1) is 9.18. The number of amides is 1. The topological polar surface area (TPSA) is 119 Å². The lowest BCUT2D eigenvalue weighted by molar-refractivity contribution is -0.153. The van der Waals surface area contributed by atoms with Crippen LogP contribution in [0.15, 0.2) is 0 Å². The van der Waals surface area contributed by atoms with Crippen molar-refractivity contribution in [3.05, 3.63) is 0 Å². The molecule has 3 atom stereocenters. The van der Waals surface area contributed by atoms with E-state index in [4.69, 9.17) is 15.6 Å². The quantitative estimate of drug-likeness (QED) is 0.552. The molecule has 7 nitrogen and oxygen atoms in total. The summed E-state index contributed by atoms with van der Waals surface area (Å²) in [5.41, 5.74) is 5.46. The van der Waals surface area contributed by atoms with E-state index in [1.165, 1.54) is 0 Å². The van der Waals surface area contributed by atoms with Crippen molar-refractivity contribution in [3.63, 3.8) is 0 Å². The van der Waals surface area contributed by atoms with Crippen LogP contribution in [0.4, 0.5) is 0 Å². The van der Waals surface area contributed by atoms with E-state index in [0.29, 0.717) is 6.42 Å². The van der Waals surface area contributed by atoms with E-state index >= 15 is 0 Å². The number of hydrogen-bond acceptors (Lipinski definition) is 5. The SMILES string of the molecule is CC[C@@H](C)[C@@H](NC(=O)[C@@H](N)CC(=O)O)C(=O)OC(C)C. The first-order valence-corrected chi connectivity index (χ1v) is 6.67. The van der Waals surface area contributed by atoms with Gasteiger partial charge in [0.1, 0.15) is 6.04 Å². The highest BCUT2D eigenvalue weighted by Crippen LogP contribution is 2.11. The summed E-state index contributed by atoms with van der Waals surface area (Å²) < 4.78 is 5.09. The maximum absolute atomic E-state index is 11.9. The highest BCUT2D eigenvalue weighted by atomic mass is 16.5. The molecule has 0 saturated heterocycles. The fourth-order valence-electron chi connectivity index (χ4n) is 1.52. The predicted octanol–water partition coefficient (Wildman–Crippen LogP) is 0.271. The number of carbonyl (C=O) groups excluding carboxylic acids is 2. The Bertz CT molecular complexity index is 357. The molecule has 0 heterocycles. The van der Waals surface area contributed by atoms with Gasteiger partial charge in [0.2, 0.25) is 5.91 Å². The zero-order valence-electron chi connectivity index (χ0n) is 12.4. The van der Waals surface area contributed by atoms with Crippen LogP contribution in [0.25, 0.3) is 0 Å². The van der Waals surface area contributed by atoms with Crippen molar-refractivity contribution in [2.24, 2.45) is 11.7 Å². The highest BCUT2D eigenvalue weighted by Gasteiger charge is 2.30. The maximum Gasteiger partial charge on any atom is 0.329 e. The van der Waals surface area contributed by atoms with Gasteiger partial charge in [-0.1, -0.05) is 20.3 Å². The van der Waals surface area contributed by atoms with Crippen molar-refractivity contribution in [1.82, 2.24) is 5.32 Å². The molecule has 20 heavy (non-hydrogen) atoms. The molecular weight excluding hydrogens is 264 g/mol. The van der Waals surface area contributed by atoms with E-state index in [0.717, 1.165) is 0 Å². The van der Waals surface area contributed by atoms with E-state index in [9.17, 15) is 14.4 Å². The average molecular weight is 288 g/mol. The van der Waals surface area contributed by atoms with Gasteiger partial charge in [-0.15, -0.1) is 0 Å². The summed E-state index contributed by atoms with van der Waals surface area (Å²) in [6.07, 6.45) is -0.122. The molecule has 0 bridgehead atoms. The van der Waals surface area contributed by atoms with Crippen molar-refractivity contribution in [2.75, 3.05) is 0 Å². The minimum absolute atomic E-state index is 0.137. The van der Waals surface area contributed by atoms with Gasteiger partial charge in [0.25, 0.3) is 0 Å². The molecule has 0 radical (unpaired) electrons. The van der Waals surface area contributed by atoms with Gasteiger partial charge in [0.05, 0.1) is 18.6 Å². The second-order valence-corrected chi connectivity index (χ2v) is 5.06. The lowest BCUT2D eigenvalue weighted by Crippen LogP contribution is -2.52. The first-order valence-electron chi connectivity index (χ1n) is 6.67. The van der Waals surface area contributed by atoms with Crippen LogP contribution in [0.1, 0.15) is 40.5 Å². The minimum atomic E-state index is -1.19. The van der Waals surface area contributed by atoms with E-state index in [1.807, 2.05) is 6.92 Å². The van der Waals surface area contributed by atoms with Crippen LogP contribution in [0.3, 0.4) is 0 Å². The fourth-order valence-corrected chi connectivity index (χ4v) is 1.52. The van der Waals surface area contributed by atoms with Crippen LogP contribution >= 0.6 is 0 Å². The summed E-state index contributed by atoms with van der Waals surface area (Å²) in [5, 5.41) is 11.1. The molecule has 0 aromatic carbocycles. The maximum atomic E-state index is 11.9. The molecule has 0 unspecified atom stereocenters. The molecule has 0 fully saturated rings. The zero-order valence-corrected chi connectivity index (χ0v) is 12.4. The summed E-state index contributed by atoms with van der Waals surface area (Å²) >= 11 is 0. The molecule has 4 N–H and O–H groups in total. The van der Waals surface area contributed by atoms with E-state index in [-0.39, 0.29) is 12.0 Å². The van der Waals surface area contributed by atoms with Gasteiger partial charge in [0.15, 0.2) is 0 Å². The summed E-state index contributed by atoms with van der Waals surface area (Å²) in [6, 6.07) is -2.01. The molecule has 0 rings (SSSR count). The van der Waals surface area contributed by atoms with Crippen molar-refractivity contribution in [1.29, 1.82) is 0 Å². The Kier molecular flexibility index (Phi) is 7.83. The molecule has 1 amide bonds. The third kappa shape index (κ3) is 6.51. The number of rotatable bonds is 8. The Labute approximate surface area is 118 Å². The number of nitrogens with two attached hydrogens (primary N) is 1. The summed E-state index contributed by atoms with van der Waals surface area (Å²) in [6.45, 7) is 7.10. The monoisotopic (exact) mass is 288 g/mol. The highest BCUT2D eigenvalue weighted by molar-refractivity contribution is 5.89. The van der Waals surface area contributed by atoms with Crippen LogP contribution in [0.2, 0.25) is 0 Å². The normalized spacial score (nSPS) is 15.3. The third-order valence-corrected chi connectivity index (χ3v) is 2.85. The van der Waals surface area contributed by atoms with Crippen LogP contribution in [-0.4, -0.2) is 41.1 Å². The Morgan fingerprint density at radius 2 is 1.80 bits per heavy atom. The smallest absolute Gasteiger partial charge is 0.329 e. The standard InChI is InChI=1S/C13H24N2O5/c1-5-8(4)11(13(19)20-7(2)3)15-12(18)9(14)6-10(16)17/h7-9,11H,5-6,14H2,1-4H3,(H,15,18)(H,16,17)/t8-,9+,11-/m1/s1. The van der Waals surface area contributed by atoms with Gasteiger partial charge in [-0.2, -0.15) is 0 Å². The number of ether oxygens (including phenoxy) is 1. The average Bonchev–Trinajstić information content (AvgIpc) is 2.32. The zero-order chi connectivity index (χ0) is 15.9. The minimum Gasteiger partial charge on any atom is -0.481 e. The largest absolute Gasteiger partial charge is 0.481 e. The number of nitrogens with one attached hydrogen (secondary N) is 1. The van der Waals surface area contributed by atoms with E-state index in [2.05, 4.69) is 5.32 Å². The first kappa shape index (κ1) is 18.4. The number of hydrogen-bond donors (Lipinski definition) is 3. The molecule has 7 heteroatoms. The second kappa shape index (κ2) is 8.52. The van der Waals surface area contributed by atoms with Crippen molar-refractivity contribution in [3.8, 4) is 0 Å². The number of carboxylic acids is 1. The summed E-state index contributed by atoms with van der Waals surface area (Å²) in [7, 11) is 0. The molecule has 0 aliphatic rings. The van der Waals surface area contributed by atoms with Gasteiger partial charge < -0.3 is 20.9 Å². The van der Waals surface area contributed by atoms with Crippen LogP contribution in [0.5, 0.6) is 0 Å². The molecule has 0 aliphatic heterocycles. The van der Waals surface area contributed by atoms with Crippen molar-refractivity contribution < 1.29 is 24.2 Å². The Balaban J connectivity index is 4.77. The molecule has 0 spiro atoms. The van der Waals surface area contributed by atoms with Crippen molar-refractivity contribution in [2.45, 2.75) is 58.7 Å². The van der Waals surface area contributed by atoms with Gasteiger partial charge in [-0.3, -0.25) is 9.59 Å². The Hall–Kier alpha value is -1.63. The molecular formula is C13H24N2O5. The predicted molar refractivity (Wildman–Crippen MR) is 72.8 cm³/mol. The molecule has 0 aliphatic carbocycles. The number of aliphatic carboxylic acids is 1. The van der Waals surface area contributed by atoms with Gasteiger partial charge in [-0.25, -0.2) is 4.79 Å². The number of carbonyl (C=O) groups is 3. The molecule has 0 aromatic rings. The summed E-state index contributed by atoms with van der Waals surface area (Å²) in [4.78, 5) is 34.3. The fraction of sp³-hybridized carbons (Fsp3) is 0.769. The third-order valence-electron chi connectivity index (χ3n) is 2.85. The van der Waals surface area contributed by atoms with E-state index in [1.54, 1.807) is 20.8 Å².